The molecule has 5 nitrogen and oxygen atoms in total. The Hall–Kier alpha value is -1.43. The summed E-state index contributed by atoms with van der Waals surface area (Å²) in [5.41, 5.74) is 0.777. The smallest absolute Gasteiger partial charge is 0.310 e. The number of nitrogens with zero attached hydrogens (tertiary/aromatic N) is 1. The summed E-state index contributed by atoms with van der Waals surface area (Å²) in [6.07, 6.45) is 5.62. The van der Waals surface area contributed by atoms with E-state index in [2.05, 4.69) is 15.0 Å². The number of thiazole rings is 1. The second-order valence-electron chi connectivity index (χ2n) is 5.10. The van der Waals surface area contributed by atoms with Gasteiger partial charge in [0.2, 0.25) is 5.91 Å². The number of aryl methyl sites for hydroxylation is 1. The van der Waals surface area contributed by atoms with Gasteiger partial charge in [-0.05, 0) is 19.8 Å². The van der Waals surface area contributed by atoms with Crippen molar-refractivity contribution in [3.63, 3.8) is 0 Å². The molecule has 1 fully saturated rings. The van der Waals surface area contributed by atoms with Crippen molar-refractivity contribution in [2.45, 2.75) is 45.4 Å². The van der Waals surface area contributed by atoms with Crippen molar-refractivity contribution in [2.75, 3.05) is 12.4 Å². The van der Waals surface area contributed by atoms with Crippen LogP contribution in [0.5, 0.6) is 0 Å². The zero-order valence-electron chi connectivity index (χ0n) is 11.9. The average molecular weight is 296 g/mol. The maximum atomic E-state index is 12.1. The topological polar surface area (TPSA) is 68.3 Å². The van der Waals surface area contributed by atoms with Gasteiger partial charge in [-0.15, -0.1) is 11.3 Å². The van der Waals surface area contributed by atoms with Gasteiger partial charge in [0.05, 0.1) is 19.2 Å². The van der Waals surface area contributed by atoms with Crippen LogP contribution in [0.15, 0.2) is 0 Å². The van der Waals surface area contributed by atoms with Gasteiger partial charge >= 0.3 is 5.97 Å². The van der Waals surface area contributed by atoms with E-state index in [1.165, 1.54) is 24.9 Å². The molecule has 1 amide bonds. The number of rotatable bonds is 4. The van der Waals surface area contributed by atoms with Crippen molar-refractivity contribution < 1.29 is 14.3 Å². The van der Waals surface area contributed by atoms with E-state index in [-0.39, 0.29) is 24.2 Å². The van der Waals surface area contributed by atoms with Crippen molar-refractivity contribution >= 4 is 28.3 Å². The highest BCUT2D eigenvalue weighted by molar-refractivity contribution is 7.16. The predicted octanol–water partition coefficient (Wildman–Crippen LogP) is 2.69. The van der Waals surface area contributed by atoms with Crippen LogP contribution in [-0.2, 0) is 20.7 Å². The Morgan fingerprint density at radius 3 is 2.70 bits per heavy atom. The summed E-state index contributed by atoms with van der Waals surface area (Å²) in [4.78, 5) is 28.6. The monoisotopic (exact) mass is 296 g/mol. The molecule has 0 unspecified atom stereocenters. The van der Waals surface area contributed by atoms with Crippen molar-refractivity contribution in [3.8, 4) is 0 Å². The summed E-state index contributed by atoms with van der Waals surface area (Å²) in [5.74, 6) is -0.123. The van der Waals surface area contributed by atoms with Gasteiger partial charge in [0.1, 0.15) is 0 Å². The lowest BCUT2D eigenvalue weighted by Crippen LogP contribution is -2.24. The molecule has 1 heterocycles. The highest BCUT2D eigenvalue weighted by atomic mass is 32.1. The molecule has 1 aliphatic carbocycles. The summed E-state index contributed by atoms with van der Waals surface area (Å²) in [6, 6.07) is 0. The number of esters is 1. The minimum atomic E-state index is -0.290. The molecule has 0 aliphatic heterocycles. The molecule has 0 radical (unpaired) electrons. The normalized spacial score (nSPS) is 15.9. The molecule has 0 spiro atoms. The number of hydrogen-bond donors (Lipinski definition) is 1. The summed E-state index contributed by atoms with van der Waals surface area (Å²) >= 11 is 1.35. The van der Waals surface area contributed by atoms with E-state index in [9.17, 15) is 9.59 Å². The van der Waals surface area contributed by atoms with Gasteiger partial charge in [-0.1, -0.05) is 19.3 Å². The lowest BCUT2D eigenvalue weighted by molar-refractivity contribution is -0.139. The number of hydrogen-bond acceptors (Lipinski definition) is 5. The zero-order chi connectivity index (χ0) is 14.5. The van der Waals surface area contributed by atoms with E-state index in [1.807, 2.05) is 6.92 Å². The van der Waals surface area contributed by atoms with Crippen molar-refractivity contribution in [1.82, 2.24) is 4.98 Å². The molecule has 0 bridgehead atoms. The van der Waals surface area contributed by atoms with Crippen LogP contribution >= 0.6 is 11.3 Å². The molecule has 6 heteroatoms. The first-order chi connectivity index (χ1) is 9.60. The summed E-state index contributed by atoms with van der Waals surface area (Å²) in [6.45, 7) is 1.84. The third-order valence-corrected chi connectivity index (χ3v) is 4.70. The van der Waals surface area contributed by atoms with Gasteiger partial charge in [-0.3, -0.25) is 9.59 Å². The molecule has 20 heavy (non-hydrogen) atoms. The predicted molar refractivity (Wildman–Crippen MR) is 77.8 cm³/mol. The number of carbonyl (C=O) groups is 2. The second-order valence-corrected chi connectivity index (χ2v) is 6.19. The van der Waals surface area contributed by atoms with E-state index in [1.54, 1.807) is 0 Å². The first kappa shape index (κ1) is 15.0. The van der Waals surface area contributed by atoms with Crippen LogP contribution in [0, 0.1) is 12.8 Å². The fourth-order valence-corrected chi connectivity index (χ4v) is 3.37. The fraction of sp³-hybridized carbons (Fsp3) is 0.643. The SMILES string of the molecule is COC(=O)Cc1sc(NC(=O)C2CCCCC2)nc1C. The standard InChI is InChI=1S/C14H20N2O3S/c1-9-11(8-12(17)19-2)20-14(15-9)16-13(18)10-6-4-3-5-7-10/h10H,3-8H2,1-2H3,(H,15,16,18). The first-order valence-corrected chi connectivity index (χ1v) is 7.75. The number of anilines is 1. The maximum absolute atomic E-state index is 12.1. The molecule has 1 aliphatic rings. The molecular weight excluding hydrogens is 276 g/mol. The molecular formula is C14H20N2O3S. The van der Waals surface area contributed by atoms with E-state index in [0.29, 0.717) is 5.13 Å². The Kier molecular flexibility index (Phi) is 5.11. The van der Waals surface area contributed by atoms with Crippen LogP contribution in [0.4, 0.5) is 5.13 Å². The first-order valence-electron chi connectivity index (χ1n) is 6.94. The number of amides is 1. The van der Waals surface area contributed by atoms with E-state index < -0.39 is 0 Å². The maximum Gasteiger partial charge on any atom is 0.310 e. The number of aromatic nitrogens is 1. The van der Waals surface area contributed by atoms with Gasteiger partial charge in [0, 0.05) is 10.8 Å². The number of ether oxygens (including phenoxy) is 1. The van der Waals surface area contributed by atoms with E-state index in [0.717, 1.165) is 36.3 Å². The van der Waals surface area contributed by atoms with Crippen molar-refractivity contribution in [3.05, 3.63) is 10.6 Å². The van der Waals surface area contributed by atoms with Gasteiger partial charge < -0.3 is 10.1 Å². The third kappa shape index (κ3) is 3.79. The second kappa shape index (κ2) is 6.83. The Balaban J connectivity index is 1.97. The quantitative estimate of drug-likeness (QED) is 0.867. The lowest BCUT2D eigenvalue weighted by Gasteiger charge is -2.19. The van der Waals surface area contributed by atoms with Crippen LogP contribution in [0.3, 0.4) is 0 Å². The van der Waals surface area contributed by atoms with Crippen LogP contribution < -0.4 is 5.32 Å². The van der Waals surface area contributed by atoms with Crippen LogP contribution in [-0.4, -0.2) is 24.0 Å². The van der Waals surface area contributed by atoms with Gasteiger partial charge in [-0.25, -0.2) is 4.98 Å². The molecule has 1 aromatic heterocycles. The van der Waals surface area contributed by atoms with Gasteiger partial charge in [0.25, 0.3) is 0 Å². The molecule has 110 valence electrons. The lowest BCUT2D eigenvalue weighted by atomic mass is 9.89. The minimum Gasteiger partial charge on any atom is -0.469 e. The summed E-state index contributed by atoms with van der Waals surface area (Å²) < 4.78 is 4.65. The Morgan fingerprint density at radius 2 is 2.05 bits per heavy atom. The molecule has 1 saturated carbocycles. The number of nitrogens with one attached hydrogen (secondary N) is 1. The average Bonchev–Trinajstić information content (AvgIpc) is 2.79. The molecule has 0 aromatic carbocycles. The van der Waals surface area contributed by atoms with Crippen LogP contribution in [0.1, 0.15) is 42.7 Å². The highest BCUT2D eigenvalue weighted by Crippen LogP contribution is 2.27. The van der Waals surface area contributed by atoms with Crippen LogP contribution in [0.2, 0.25) is 0 Å². The molecule has 0 saturated heterocycles. The minimum absolute atomic E-state index is 0.0584. The Bertz CT molecular complexity index is 493. The van der Waals surface area contributed by atoms with E-state index in [4.69, 9.17) is 0 Å². The van der Waals surface area contributed by atoms with Crippen LogP contribution in [0.25, 0.3) is 0 Å². The van der Waals surface area contributed by atoms with Gasteiger partial charge in [0.15, 0.2) is 5.13 Å². The largest absolute Gasteiger partial charge is 0.469 e. The molecule has 0 atom stereocenters. The highest BCUT2D eigenvalue weighted by Gasteiger charge is 2.22. The third-order valence-electron chi connectivity index (χ3n) is 3.63. The van der Waals surface area contributed by atoms with E-state index >= 15 is 0 Å². The molecule has 1 aromatic rings. The zero-order valence-corrected chi connectivity index (χ0v) is 12.7. The number of methoxy groups -OCH3 is 1. The molecule has 1 N–H and O–H groups in total. The van der Waals surface area contributed by atoms with Crippen molar-refractivity contribution in [1.29, 1.82) is 0 Å². The van der Waals surface area contributed by atoms with Crippen molar-refractivity contribution in [2.24, 2.45) is 5.92 Å². The Labute approximate surface area is 122 Å². The fourth-order valence-electron chi connectivity index (χ4n) is 2.42. The van der Waals surface area contributed by atoms with Gasteiger partial charge in [-0.2, -0.15) is 0 Å². The Morgan fingerprint density at radius 1 is 1.35 bits per heavy atom. The number of carbonyl (C=O) groups excluding carboxylic acids is 2. The molecule has 2 rings (SSSR count). The summed E-state index contributed by atoms with van der Waals surface area (Å²) in [5, 5.41) is 3.46. The summed E-state index contributed by atoms with van der Waals surface area (Å²) in [7, 11) is 1.37.